The Labute approximate surface area is 133 Å². The summed E-state index contributed by atoms with van der Waals surface area (Å²) in [6, 6.07) is 13.2. The molecular formula is C18H17FN2O2. The van der Waals surface area contributed by atoms with Crippen molar-refractivity contribution in [1.82, 2.24) is 0 Å². The molecule has 2 aromatic rings. The van der Waals surface area contributed by atoms with Gasteiger partial charge in [0.1, 0.15) is 12.4 Å². The number of fused-ring (bicyclic) bond motifs is 1. The summed E-state index contributed by atoms with van der Waals surface area (Å²) < 4.78 is 12.9. The van der Waals surface area contributed by atoms with Crippen LogP contribution in [0.25, 0.3) is 0 Å². The lowest BCUT2D eigenvalue weighted by atomic mass is 10.1. The Morgan fingerprint density at radius 2 is 1.83 bits per heavy atom. The van der Waals surface area contributed by atoms with Gasteiger partial charge in [-0.3, -0.25) is 9.59 Å². The molecule has 5 heteroatoms. The van der Waals surface area contributed by atoms with Gasteiger partial charge in [0, 0.05) is 17.8 Å². The first-order valence-corrected chi connectivity index (χ1v) is 7.57. The molecule has 0 saturated heterocycles. The van der Waals surface area contributed by atoms with Gasteiger partial charge in [0.15, 0.2) is 0 Å². The molecule has 1 aliphatic rings. The first-order valence-electron chi connectivity index (χ1n) is 7.57. The molecule has 3 rings (SSSR count). The minimum absolute atomic E-state index is 0.0484. The van der Waals surface area contributed by atoms with Crippen molar-refractivity contribution < 1.29 is 14.0 Å². The van der Waals surface area contributed by atoms with Crippen LogP contribution in [-0.4, -0.2) is 18.4 Å². The number of amides is 2. The van der Waals surface area contributed by atoms with Crippen molar-refractivity contribution >= 4 is 23.2 Å². The summed E-state index contributed by atoms with van der Waals surface area (Å²) in [4.78, 5) is 26.1. The molecule has 0 atom stereocenters. The standard InChI is InChI=1S/C18H17FN2O2/c19-14-8-10-15(11-9-14)20-17(22)12-21-16-6-2-1-4-13(16)5-3-7-18(21)23/h1-2,4,6,8-11H,3,5,7,12H2,(H,20,22). The van der Waals surface area contributed by atoms with Crippen molar-refractivity contribution in [3.05, 3.63) is 59.9 Å². The van der Waals surface area contributed by atoms with Crippen LogP contribution in [0.5, 0.6) is 0 Å². The van der Waals surface area contributed by atoms with Crippen LogP contribution in [0.1, 0.15) is 18.4 Å². The summed E-state index contributed by atoms with van der Waals surface area (Å²) in [6.07, 6.45) is 2.04. The molecule has 1 aliphatic heterocycles. The van der Waals surface area contributed by atoms with Crippen molar-refractivity contribution in [3.8, 4) is 0 Å². The fourth-order valence-corrected chi connectivity index (χ4v) is 2.74. The Kier molecular flexibility index (Phi) is 4.37. The van der Waals surface area contributed by atoms with E-state index in [9.17, 15) is 14.0 Å². The van der Waals surface area contributed by atoms with E-state index in [1.807, 2.05) is 24.3 Å². The third-order valence-corrected chi connectivity index (χ3v) is 3.85. The molecule has 0 aromatic heterocycles. The predicted molar refractivity (Wildman–Crippen MR) is 86.8 cm³/mol. The number of rotatable bonds is 3. The lowest BCUT2D eigenvalue weighted by Crippen LogP contribution is -2.37. The van der Waals surface area contributed by atoms with E-state index in [4.69, 9.17) is 0 Å². The molecule has 1 N–H and O–H groups in total. The molecule has 2 aromatic carbocycles. The fourth-order valence-electron chi connectivity index (χ4n) is 2.74. The molecule has 0 fully saturated rings. The van der Waals surface area contributed by atoms with Gasteiger partial charge in [-0.05, 0) is 48.7 Å². The summed E-state index contributed by atoms with van der Waals surface area (Å²) in [5.41, 5.74) is 2.38. The van der Waals surface area contributed by atoms with E-state index in [0.717, 1.165) is 24.1 Å². The van der Waals surface area contributed by atoms with Crippen LogP contribution >= 0.6 is 0 Å². The van der Waals surface area contributed by atoms with Gasteiger partial charge in [0.2, 0.25) is 11.8 Å². The van der Waals surface area contributed by atoms with Crippen molar-refractivity contribution in [3.63, 3.8) is 0 Å². The number of aryl methyl sites for hydroxylation is 1. The highest BCUT2D eigenvalue weighted by Crippen LogP contribution is 2.26. The molecular weight excluding hydrogens is 295 g/mol. The second-order valence-corrected chi connectivity index (χ2v) is 5.52. The van der Waals surface area contributed by atoms with Crippen molar-refractivity contribution in [2.45, 2.75) is 19.3 Å². The fraction of sp³-hybridized carbons (Fsp3) is 0.222. The van der Waals surface area contributed by atoms with Crippen molar-refractivity contribution in [2.24, 2.45) is 0 Å². The number of nitrogens with zero attached hydrogens (tertiary/aromatic N) is 1. The lowest BCUT2D eigenvalue weighted by Gasteiger charge is -2.22. The normalized spacial score (nSPS) is 14.1. The summed E-state index contributed by atoms with van der Waals surface area (Å²) >= 11 is 0. The Morgan fingerprint density at radius 1 is 1.09 bits per heavy atom. The second-order valence-electron chi connectivity index (χ2n) is 5.52. The van der Waals surface area contributed by atoms with Gasteiger partial charge in [0.05, 0.1) is 0 Å². The molecule has 0 radical (unpaired) electrons. The minimum Gasteiger partial charge on any atom is -0.325 e. The van der Waals surface area contributed by atoms with E-state index < -0.39 is 0 Å². The van der Waals surface area contributed by atoms with Crippen LogP contribution in [0.4, 0.5) is 15.8 Å². The molecule has 0 saturated carbocycles. The van der Waals surface area contributed by atoms with Gasteiger partial charge in [-0.15, -0.1) is 0 Å². The number of halogens is 1. The van der Waals surface area contributed by atoms with Gasteiger partial charge in [-0.2, -0.15) is 0 Å². The highest BCUT2D eigenvalue weighted by Gasteiger charge is 2.23. The Balaban J connectivity index is 1.76. The number of hydrogen-bond donors (Lipinski definition) is 1. The first kappa shape index (κ1) is 15.2. The molecule has 4 nitrogen and oxygen atoms in total. The van der Waals surface area contributed by atoms with Crippen molar-refractivity contribution in [1.29, 1.82) is 0 Å². The van der Waals surface area contributed by atoms with Gasteiger partial charge < -0.3 is 10.2 Å². The number of hydrogen-bond acceptors (Lipinski definition) is 2. The van der Waals surface area contributed by atoms with E-state index in [-0.39, 0.29) is 24.2 Å². The van der Waals surface area contributed by atoms with E-state index in [0.29, 0.717) is 12.1 Å². The minimum atomic E-state index is -0.361. The average Bonchev–Trinajstić information content (AvgIpc) is 2.70. The van der Waals surface area contributed by atoms with Crippen LogP contribution in [0.3, 0.4) is 0 Å². The smallest absolute Gasteiger partial charge is 0.244 e. The monoisotopic (exact) mass is 312 g/mol. The molecule has 1 heterocycles. The molecule has 0 spiro atoms. The molecule has 23 heavy (non-hydrogen) atoms. The largest absolute Gasteiger partial charge is 0.325 e. The summed E-state index contributed by atoms with van der Waals surface area (Å²) in [7, 11) is 0. The van der Waals surface area contributed by atoms with Gasteiger partial charge >= 0.3 is 0 Å². The third-order valence-electron chi connectivity index (χ3n) is 3.85. The molecule has 118 valence electrons. The summed E-state index contributed by atoms with van der Waals surface area (Å²) in [5.74, 6) is -0.717. The topological polar surface area (TPSA) is 49.4 Å². The molecule has 2 amide bonds. The van der Waals surface area contributed by atoms with Crippen LogP contribution in [0, 0.1) is 5.82 Å². The Hall–Kier alpha value is -2.69. The quantitative estimate of drug-likeness (QED) is 0.946. The summed E-state index contributed by atoms with van der Waals surface area (Å²) in [6.45, 7) is -0.0484. The SMILES string of the molecule is O=C(CN1C(=O)CCCc2ccccc21)Nc1ccc(F)cc1. The van der Waals surface area contributed by atoms with Crippen LogP contribution < -0.4 is 10.2 Å². The van der Waals surface area contributed by atoms with Gasteiger partial charge in [-0.25, -0.2) is 4.39 Å². The van der Waals surface area contributed by atoms with Gasteiger partial charge in [-0.1, -0.05) is 18.2 Å². The maximum absolute atomic E-state index is 12.9. The predicted octanol–water partition coefficient (Wildman–Crippen LogP) is 3.13. The van der Waals surface area contributed by atoms with E-state index in [1.54, 1.807) is 0 Å². The van der Waals surface area contributed by atoms with Crippen molar-refractivity contribution in [2.75, 3.05) is 16.8 Å². The highest BCUT2D eigenvalue weighted by atomic mass is 19.1. The van der Waals surface area contributed by atoms with Gasteiger partial charge in [0.25, 0.3) is 0 Å². The zero-order valence-electron chi connectivity index (χ0n) is 12.6. The number of para-hydroxylation sites is 1. The maximum Gasteiger partial charge on any atom is 0.244 e. The number of carbonyl (C=O) groups excluding carboxylic acids is 2. The number of nitrogens with one attached hydrogen (secondary N) is 1. The lowest BCUT2D eigenvalue weighted by molar-refractivity contribution is -0.121. The first-order chi connectivity index (χ1) is 11.1. The van der Waals surface area contributed by atoms with Crippen LogP contribution in [0.2, 0.25) is 0 Å². The zero-order valence-corrected chi connectivity index (χ0v) is 12.6. The van der Waals surface area contributed by atoms with Crippen LogP contribution in [-0.2, 0) is 16.0 Å². The molecule has 0 bridgehead atoms. The highest BCUT2D eigenvalue weighted by molar-refractivity contribution is 6.03. The third kappa shape index (κ3) is 3.56. The van der Waals surface area contributed by atoms with E-state index in [1.165, 1.54) is 29.2 Å². The zero-order chi connectivity index (χ0) is 16.2. The molecule has 0 aliphatic carbocycles. The average molecular weight is 312 g/mol. The summed E-state index contributed by atoms with van der Waals surface area (Å²) in [5, 5.41) is 2.69. The maximum atomic E-state index is 12.9. The Morgan fingerprint density at radius 3 is 2.61 bits per heavy atom. The van der Waals surface area contributed by atoms with Crippen LogP contribution in [0.15, 0.2) is 48.5 Å². The van der Waals surface area contributed by atoms with E-state index in [2.05, 4.69) is 5.32 Å². The number of benzene rings is 2. The second kappa shape index (κ2) is 6.60. The number of anilines is 2. The molecule has 0 unspecified atom stereocenters. The number of carbonyl (C=O) groups is 2. The van der Waals surface area contributed by atoms with E-state index >= 15 is 0 Å². The Bertz CT molecular complexity index is 728.